The predicted octanol–water partition coefficient (Wildman–Crippen LogP) is 3.36. The van der Waals surface area contributed by atoms with Crippen LogP contribution in [0, 0.1) is 5.92 Å². The summed E-state index contributed by atoms with van der Waals surface area (Å²) in [5.41, 5.74) is 0.124. The van der Waals surface area contributed by atoms with Crippen molar-refractivity contribution < 1.29 is 4.74 Å². The first kappa shape index (κ1) is 14.0. The Balaban J connectivity index is 2.65. The Bertz CT molecular complexity index is 187. The standard InChI is InChI=1S/C14H29NO/c1-5-12(3)11-13(15-6-2)14(16-4)9-7-8-10-14/h12-13,15H,5-11H2,1-4H3. The van der Waals surface area contributed by atoms with Crippen molar-refractivity contribution in [3.63, 3.8) is 0 Å². The normalized spacial score (nSPS) is 23.2. The van der Waals surface area contributed by atoms with Crippen LogP contribution in [-0.2, 0) is 4.74 Å². The molecular formula is C14H29NO. The molecule has 16 heavy (non-hydrogen) atoms. The van der Waals surface area contributed by atoms with Gasteiger partial charge in [-0.3, -0.25) is 0 Å². The van der Waals surface area contributed by atoms with E-state index >= 15 is 0 Å². The second-order valence-electron chi connectivity index (χ2n) is 5.34. The molecule has 1 N–H and O–H groups in total. The topological polar surface area (TPSA) is 21.3 Å². The maximum atomic E-state index is 5.90. The zero-order chi connectivity index (χ0) is 12.0. The van der Waals surface area contributed by atoms with Gasteiger partial charge in [-0.05, 0) is 31.7 Å². The summed E-state index contributed by atoms with van der Waals surface area (Å²) in [6.07, 6.45) is 7.64. The molecule has 0 aromatic rings. The van der Waals surface area contributed by atoms with Crippen molar-refractivity contribution in [2.45, 2.75) is 70.9 Å². The Morgan fingerprint density at radius 1 is 1.25 bits per heavy atom. The van der Waals surface area contributed by atoms with Gasteiger partial charge in [0.1, 0.15) is 0 Å². The Hall–Kier alpha value is -0.0800. The average Bonchev–Trinajstić information content (AvgIpc) is 2.78. The lowest BCUT2D eigenvalue weighted by Gasteiger charge is -2.38. The second-order valence-corrected chi connectivity index (χ2v) is 5.34. The van der Waals surface area contributed by atoms with E-state index in [-0.39, 0.29) is 5.60 Å². The molecule has 0 bridgehead atoms. The van der Waals surface area contributed by atoms with Crippen LogP contribution in [0.4, 0.5) is 0 Å². The summed E-state index contributed by atoms with van der Waals surface area (Å²) in [5, 5.41) is 3.66. The molecule has 0 heterocycles. The van der Waals surface area contributed by atoms with Crippen LogP contribution >= 0.6 is 0 Å². The van der Waals surface area contributed by atoms with E-state index in [1.165, 1.54) is 38.5 Å². The van der Waals surface area contributed by atoms with Crippen LogP contribution in [0.1, 0.15) is 59.3 Å². The zero-order valence-electron chi connectivity index (χ0n) is 11.5. The maximum absolute atomic E-state index is 5.90. The van der Waals surface area contributed by atoms with Gasteiger partial charge in [-0.1, -0.05) is 40.0 Å². The van der Waals surface area contributed by atoms with E-state index in [1.807, 2.05) is 7.11 Å². The van der Waals surface area contributed by atoms with E-state index < -0.39 is 0 Å². The lowest BCUT2D eigenvalue weighted by molar-refractivity contribution is -0.0408. The lowest BCUT2D eigenvalue weighted by Crippen LogP contribution is -2.51. The largest absolute Gasteiger partial charge is 0.377 e. The smallest absolute Gasteiger partial charge is 0.0831 e. The number of rotatable bonds is 7. The summed E-state index contributed by atoms with van der Waals surface area (Å²) < 4.78 is 5.90. The minimum atomic E-state index is 0.124. The van der Waals surface area contributed by atoms with Gasteiger partial charge in [-0.15, -0.1) is 0 Å². The van der Waals surface area contributed by atoms with Gasteiger partial charge >= 0.3 is 0 Å². The monoisotopic (exact) mass is 227 g/mol. The van der Waals surface area contributed by atoms with Crippen molar-refractivity contribution in [2.75, 3.05) is 13.7 Å². The molecule has 1 aliphatic rings. The highest BCUT2D eigenvalue weighted by atomic mass is 16.5. The average molecular weight is 227 g/mol. The summed E-state index contributed by atoms with van der Waals surface area (Å²) in [5.74, 6) is 0.789. The van der Waals surface area contributed by atoms with Gasteiger partial charge in [0.2, 0.25) is 0 Å². The van der Waals surface area contributed by atoms with Crippen molar-refractivity contribution in [2.24, 2.45) is 5.92 Å². The third kappa shape index (κ3) is 3.21. The highest BCUT2D eigenvalue weighted by molar-refractivity contribution is 4.97. The molecule has 96 valence electrons. The van der Waals surface area contributed by atoms with Crippen molar-refractivity contribution >= 4 is 0 Å². The first-order valence-electron chi connectivity index (χ1n) is 6.97. The number of hydrogen-bond donors (Lipinski definition) is 1. The predicted molar refractivity (Wildman–Crippen MR) is 69.7 cm³/mol. The molecule has 2 nitrogen and oxygen atoms in total. The molecule has 2 atom stereocenters. The molecule has 0 saturated heterocycles. The number of methoxy groups -OCH3 is 1. The lowest BCUT2D eigenvalue weighted by atomic mass is 9.85. The van der Waals surface area contributed by atoms with Gasteiger partial charge < -0.3 is 10.1 Å². The summed E-state index contributed by atoms with van der Waals surface area (Å²) in [6.45, 7) is 7.87. The molecule has 0 aromatic heterocycles. The number of hydrogen-bond acceptors (Lipinski definition) is 2. The quantitative estimate of drug-likeness (QED) is 0.720. The van der Waals surface area contributed by atoms with Crippen LogP contribution < -0.4 is 5.32 Å². The van der Waals surface area contributed by atoms with E-state index in [0.29, 0.717) is 6.04 Å². The Labute approximate surface area is 101 Å². The van der Waals surface area contributed by atoms with Gasteiger partial charge in [0, 0.05) is 13.2 Å². The summed E-state index contributed by atoms with van der Waals surface area (Å²) in [4.78, 5) is 0. The summed E-state index contributed by atoms with van der Waals surface area (Å²) in [6, 6.07) is 0.542. The Kier molecular flexibility index (Phi) is 5.77. The van der Waals surface area contributed by atoms with E-state index in [9.17, 15) is 0 Å². The molecule has 1 saturated carbocycles. The van der Waals surface area contributed by atoms with Gasteiger partial charge in [0.15, 0.2) is 0 Å². The van der Waals surface area contributed by atoms with Crippen molar-refractivity contribution in [1.82, 2.24) is 5.32 Å². The van der Waals surface area contributed by atoms with Crippen LogP contribution in [0.2, 0.25) is 0 Å². The number of likely N-dealkylation sites (N-methyl/N-ethyl adjacent to an activating group) is 1. The van der Waals surface area contributed by atoms with Gasteiger partial charge in [0.05, 0.1) is 5.60 Å². The van der Waals surface area contributed by atoms with Crippen molar-refractivity contribution in [3.05, 3.63) is 0 Å². The third-order valence-corrected chi connectivity index (χ3v) is 4.28. The van der Waals surface area contributed by atoms with Crippen LogP contribution in [0.25, 0.3) is 0 Å². The Morgan fingerprint density at radius 2 is 1.88 bits per heavy atom. The van der Waals surface area contributed by atoms with E-state index in [0.717, 1.165) is 12.5 Å². The fourth-order valence-corrected chi connectivity index (χ4v) is 2.97. The number of nitrogens with one attached hydrogen (secondary N) is 1. The molecular weight excluding hydrogens is 198 g/mol. The molecule has 0 radical (unpaired) electrons. The maximum Gasteiger partial charge on any atom is 0.0831 e. The molecule has 1 fully saturated rings. The highest BCUT2D eigenvalue weighted by Gasteiger charge is 2.41. The van der Waals surface area contributed by atoms with Crippen LogP contribution in [0.5, 0.6) is 0 Å². The third-order valence-electron chi connectivity index (χ3n) is 4.28. The molecule has 0 aromatic carbocycles. The fraction of sp³-hybridized carbons (Fsp3) is 1.00. The van der Waals surface area contributed by atoms with Gasteiger partial charge in [-0.25, -0.2) is 0 Å². The molecule has 1 aliphatic carbocycles. The van der Waals surface area contributed by atoms with E-state index in [2.05, 4.69) is 26.1 Å². The summed E-state index contributed by atoms with van der Waals surface area (Å²) in [7, 11) is 1.90. The van der Waals surface area contributed by atoms with E-state index in [4.69, 9.17) is 4.74 Å². The molecule has 0 aliphatic heterocycles. The highest BCUT2D eigenvalue weighted by Crippen LogP contribution is 2.37. The molecule has 1 rings (SSSR count). The van der Waals surface area contributed by atoms with Crippen molar-refractivity contribution in [1.29, 1.82) is 0 Å². The molecule has 2 heteroatoms. The second kappa shape index (κ2) is 6.61. The zero-order valence-corrected chi connectivity index (χ0v) is 11.5. The van der Waals surface area contributed by atoms with Crippen molar-refractivity contribution in [3.8, 4) is 0 Å². The molecule has 0 spiro atoms. The van der Waals surface area contributed by atoms with Gasteiger partial charge in [0.25, 0.3) is 0 Å². The minimum Gasteiger partial charge on any atom is -0.377 e. The van der Waals surface area contributed by atoms with Crippen LogP contribution in [0.15, 0.2) is 0 Å². The number of ether oxygens (including phenoxy) is 1. The van der Waals surface area contributed by atoms with Crippen LogP contribution in [0.3, 0.4) is 0 Å². The minimum absolute atomic E-state index is 0.124. The SMILES string of the molecule is CCNC(CC(C)CC)C1(OC)CCCC1. The fourth-order valence-electron chi connectivity index (χ4n) is 2.97. The first-order valence-corrected chi connectivity index (χ1v) is 6.97. The summed E-state index contributed by atoms with van der Waals surface area (Å²) >= 11 is 0. The van der Waals surface area contributed by atoms with E-state index in [1.54, 1.807) is 0 Å². The molecule has 2 unspecified atom stereocenters. The van der Waals surface area contributed by atoms with Crippen LogP contribution in [-0.4, -0.2) is 25.3 Å². The molecule has 0 amide bonds. The Morgan fingerprint density at radius 3 is 2.31 bits per heavy atom. The first-order chi connectivity index (χ1) is 7.68. The van der Waals surface area contributed by atoms with Gasteiger partial charge in [-0.2, -0.15) is 0 Å².